The number of rotatable bonds is 6. The van der Waals surface area contributed by atoms with E-state index in [9.17, 15) is 13.5 Å². The molecule has 0 fully saturated rings. The Balaban J connectivity index is 2.68. The number of benzene rings is 1. The Morgan fingerprint density at radius 2 is 2.05 bits per heavy atom. The van der Waals surface area contributed by atoms with Crippen molar-refractivity contribution in [1.29, 1.82) is 0 Å². The van der Waals surface area contributed by atoms with Gasteiger partial charge in [0.15, 0.2) is 0 Å². The van der Waals surface area contributed by atoms with Gasteiger partial charge >= 0.3 is 0 Å². The third-order valence-corrected chi connectivity index (χ3v) is 4.41. The van der Waals surface area contributed by atoms with E-state index in [2.05, 4.69) is 4.72 Å². The fraction of sp³-hybridized carbons (Fsp3) is 0.500. The highest BCUT2D eigenvalue weighted by molar-refractivity contribution is 7.89. The number of nitrogen functional groups attached to an aromatic ring is 1. The first-order valence-electron chi connectivity index (χ1n) is 6.02. The van der Waals surface area contributed by atoms with Gasteiger partial charge in [0.25, 0.3) is 0 Å². The molecular formula is C12H21N3O3S. The third-order valence-electron chi connectivity index (χ3n) is 2.95. The first-order valence-corrected chi connectivity index (χ1v) is 7.50. The highest BCUT2D eigenvalue weighted by Crippen LogP contribution is 2.22. The van der Waals surface area contributed by atoms with Crippen molar-refractivity contribution in [3.8, 4) is 5.75 Å². The highest BCUT2D eigenvalue weighted by atomic mass is 32.2. The normalized spacial score (nSPS) is 12.3. The lowest BCUT2D eigenvalue weighted by molar-refractivity contribution is 0.278. The molecule has 7 heteroatoms. The number of nitrogens with two attached hydrogens (primary N) is 1. The predicted molar refractivity (Wildman–Crippen MR) is 75.5 cm³/mol. The molecule has 0 unspecified atom stereocenters. The van der Waals surface area contributed by atoms with Crippen LogP contribution in [0.5, 0.6) is 5.75 Å². The molecule has 6 nitrogen and oxygen atoms in total. The molecule has 4 N–H and O–H groups in total. The van der Waals surface area contributed by atoms with Gasteiger partial charge in [-0.05, 0) is 39.1 Å². The molecule has 0 radical (unpaired) electrons. The van der Waals surface area contributed by atoms with Crippen LogP contribution in [0.2, 0.25) is 0 Å². The first kappa shape index (κ1) is 15.7. The van der Waals surface area contributed by atoms with Gasteiger partial charge in [-0.25, -0.2) is 13.1 Å². The Morgan fingerprint density at radius 1 is 1.42 bits per heavy atom. The van der Waals surface area contributed by atoms with E-state index in [4.69, 9.17) is 5.73 Å². The molecule has 0 saturated carbocycles. The summed E-state index contributed by atoms with van der Waals surface area (Å²) < 4.78 is 26.5. The zero-order valence-corrected chi connectivity index (χ0v) is 12.2. The molecule has 0 aliphatic heterocycles. The van der Waals surface area contributed by atoms with E-state index in [0.717, 1.165) is 0 Å². The van der Waals surface area contributed by atoms with Crippen LogP contribution in [0.15, 0.2) is 23.1 Å². The zero-order valence-electron chi connectivity index (χ0n) is 11.4. The van der Waals surface area contributed by atoms with Crippen molar-refractivity contribution < 1.29 is 13.5 Å². The summed E-state index contributed by atoms with van der Waals surface area (Å²) in [4.78, 5) is 2.09. The summed E-state index contributed by atoms with van der Waals surface area (Å²) in [5.74, 6) is -0.126. The molecule has 19 heavy (non-hydrogen) atoms. The monoisotopic (exact) mass is 287 g/mol. The Kier molecular flexibility index (Phi) is 5.16. The summed E-state index contributed by atoms with van der Waals surface area (Å²) in [6.45, 7) is 5.01. The maximum Gasteiger partial charge on any atom is 0.240 e. The number of aromatic hydroxyl groups is 1. The minimum absolute atomic E-state index is 0.0437. The molecule has 0 saturated heterocycles. The van der Waals surface area contributed by atoms with Crippen LogP contribution in [0.25, 0.3) is 0 Å². The zero-order chi connectivity index (χ0) is 14.6. The second-order valence-electron chi connectivity index (χ2n) is 4.69. The standard InChI is InChI=1S/C12H21N3O3S/c1-9(2)15(3)7-6-14-19(17,18)10-4-5-12(16)11(13)8-10/h4-5,8-9,14,16H,6-7,13H2,1-3H3. The molecule has 0 bridgehead atoms. The van der Waals surface area contributed by atoms with Crippen LogP contribution in [-0.4, -0.2) is 44.6 Å². The van der Waals surface area contributed by atoms with Crippen LogP contribution in [0.4, 0.5) is 5.69 Å². The number of sulfonamides is 1. The van der Waals surface area contributed by atoms with Crippen molar-refractivity contribution in [3.63, 3.8) is 0 Å². The summed E-state index contributed by atoms with van der Waals surface area (Å²) in [5.41, 5.74) is 5.53. The van der Waals surface area contributed by atoms with Gasteiger partial charge in [0.05, 0.1) is 10.6 Å². The molecule has 1 rings (SSSR count). The second-order valence-corrected chi connectivity index (χ2v) is 6.46. The summed E-state index contributed by atoms with van der Waals surface area (Å²) >= 11 is 0. The third kappa shape index (κ3) is 4.38. The highest BCUT2D eigenvalue weighted by Gasteiger charge is 2.15. The largest absolute Gasteiger partial charge is 0.506 e. The minimum Gasteiger partial charge on any atom is -0.506 e. The van der Waals surface area contributed by atoms with E-state index in [-0.39, 0.29) is 16.3 Å². The Morgan fingerprint density at radius 3 is 2.58 bits per heavy atom. The van der Waals surface area contributed by atoms with Crippen molar-refractivity contribution in [1.82, 2.24) is 9.62 Å². The number of phenols is 1. The fourth-order valence-electron chi connectivity index (χ4n) is 1.40. The fourth-order valence-corrected chi connectivity index (χ4v) is 2.45. The maximum absolute atomic E-state index is 12.0. The van der Waals surface area contributed by atoms with Crippen molar-refractivity contribution in [3.05, 3.63) is 18.2 Å². The summed E-state index contributed by atoms with van der Waals surface area (Å²) in [6.07, 6.45) is 0. The quantitative estimate of drug-likeness (QED) is 0.526. The number of phenolic OH excluding ortho intramolecular Hbond substituents is 1. The van der Waals surface area contributed by atoms with Crippen molar-refractivity contribution in [2.45, 2.75) is 24.8 Å². The molecule has 0 aliphatic rings. The Labute approximate surface area is 114 Å². The average Bonchev–Trinajstić information content (AvgIpc) is 2.32. The first-order chi connectivity index (χ1) is 8.74. The summed E-state index contributed by atoms with van der Waals surface area (Å²) in [5, 5.41) is 9.27. The van der Waals surface area contributed by atoms with Gasteiger partial charge in [0.2, 0.25) is 10.0 Å². The summed E-state index contributed by atoms with van der Waals surface area (Å²) in [6, 6.07) is 4.18. The molecule has 0 amide bonds. The molecular weight excluding hydrogens is 266 g/mol. The van der Waals surface area contributed by atoms with Crippen LogP contribution in [0.1, 0.15) is 13.8 Å². The van der Waals surface area contributed by atoms with Crippen LogP contribution < -0.4 is 10.5 Å². The Hall–Kier alpha value is -1.31. The van der Waals surface area contributed by atoms with Gasteiger partial charge < -0.3 is 15.7 Å². The van der Waals surface area contributed by atoms with E-state index in [1.807, 2.05) is 25.8 Å². The molecule has 0 heterocycles. The van der Waals surface area contributed by atoms with Crippen LogP contribution in [-0.2, 0) is 10.0 Å². The lowest BCUT2D eigenvalue weighted by Gasteiger charge is -2.20. The lowest BCUT2D eigenvalue weighted by atomic mass is 10.3. The number of hydrogen-bond acceptors (Lipinski definition) is 5. The predicted octanol–water partition coefficient (Wildman–Crippen LogP) is 0.593. The SMILES string of the molecule is CC(C)N(C)CCNS(=O)(=O)c1ccc(O)c(N)c1. The number of anilines is 1. The van der Waals surface area contributed by atoms with Crippen molar-refractivity contribution >= 4 is 15.7 Å². The summed E-state index contributed by atoms with van der Waals surface area (Å²) in [7, 11) is -1.66. The average molecular weight is 287 g/mol. The topological polar surface area (TPSA) is 95.7 Å². The minimum atomic E-state index is -3.59. The van der Waals surface area contributed by atoms with Gasteiger partial charge in [-0.1, -0.05) is 0 Å². The van der Waals surface area contributed by atoms with E-state index in [1.54, 1.807) is 0 Å². The van der Waals surface area contributed by atoms with E-state index in [0.29, 0.717) is 19.1 Å². The van der Waals surface area contributed by atoms with Gasteiger partial charge in [0, 0.05) is 19.1 Å². The lowest BCUT2D eigenvalue weighted by Crippen LogP contribution is -2.36. The van der Waals surface area contributed by atoms with E-state index >= 15 is 0 Å². The van der Waals surface area contributed by atoms with Crippen LogP contribution in [0.3, 0.4) is 0 Å². The van der Waals surface area contributed by atoms with E-state index < -0.39 is 10.0 Å². The molecule has 0 spiro atoms. The van der Waals surface area contributed by atoms with Gasteiger partial charge in [-0.15, -0.1) is 0 Å². The van der Waals surface area contributed by atoms with Crippen molar-refractivity contribution in [2.24, 2.45) is 0 Å². The second kappa shape index (κ2) is 6.23. The molecule has 1 aromatic rings. The molecule has 0 aliphatic carbocycles. The van der Waals surface area contributed by atoms with Crippen LogP contribution >= 0.6 is 0 Å². The smallest absolute Gasteiger partial charge is 0.240 e. The van der Waals surface area contributed by atoms with Crippen molar-refractivity contribution in [2.75, 3.05) is 25.9 Å². The van der Waals surface area contributed by atoms with Crippen LogP contribution in [0, 0.1) is 0 Å². The number of hydrogen-bond donors (Lipinski definition) is 3. The van der Waals surface area contributed by atoms with E-state index in [1.165, 1.54) is 18.2 Å². The molecule has 0 atom stereocenters. The number of nitrogens with zero attached hydrogens (tertiary/aromatic N) is 1. The number of nitrogens with one attached hydrogen (secondary N) is 1. The molecule has 1 aromatic carbocycles. The van der Waals surface area contributed by atoms with Gasteiger partial charge in [0.1, 0.15) is 5.75 Å². The number of likely N-dealkylation sites (N-methyl/N-ethyl adjacent to an activating group) is 1. The Bertz CT molecular complexity index is 529. The molecule has 108 valence electrons. The van der Waals surface area contributed by atoms with Gasteiger partial charge in [-0.2, -0.15) is 0 Å². The maximum atomic E-state index is 12.0. The molecule has 0 aromatic heterocycles. The van der Waals surface area contributed by atoms with Gasteiger partial charge in [-0.3, -0.25) is 0 Å².